The van der Waals surface area contributed by atoms with E-state index in [-0.39, 0.29) is 6.61 Å². The molecular weight excluding hydrogens is 284 g/mol. The van der Waals surface area contributed by atoms with Crippen molar-refractivity contribution < 1.29 is 21.8 Å². The van der Waals surface area contributed by atoms with Crippen molar-refractivity contribution in [2.75, 3.05) is 19.5 Å². The van der Waals surface area contributed by atoms with Crippen molar-refractivity contribution in [2.24, 2.45) is 0 Å². The summed E-state index contributed by atoms with van der Waals surface area (Å²) in [5.74, 6) is 0.547. The van der Waals surface area contributed by atoms with Crippen molar-refractivity contribution in [1.29, 1.82) is 0 Å². The van der Waals surface area contributed by atoms with Gasteiger partial charge in [0.15, 0.2) is 0 Å². The lowest BCUT2D eigenvalue weighted by Gasteiger charge is -2.06. The zero-order valence-electron chi connectivity index (χ0n) is 10.9. The highest BCUT2D eigenvalue weighted by Crippen LogP contribution is 2.19. The van der Waals surface area contributed by atoms with Crippen LogP contribution in [0.25, 0.3) is 11.0 Å². The SMILES string of the molecule is CS(=O)(=O)OCCCOc1ccc2ccc(=O)oc2c1. The lowest BCUT2D eigenvalue weighted by atomic mass is 10.2. The monoisotopic (exact) mass is 298 g/mol. The molecule has 0 saturated carbocycles. The molecule has 1 aromatic heterocycles. The zero-order valence-corrected chi connectivity index (χ0v) is 11.7. The Kier molecular flexibility index (Phi) is 4.41. The molecule has 0 N–H and O–H groups in total. The van der Waals surface area contributed by atoms with Crippen LogP contribution in [0.3, 0.4) is 0 Å². The van der Waals surface area contributed by atoms with Crippen molar-refractivity contribution in [3.8, 4) is 5.75 Å². The van der Waals surface area contributed by atoms with E-state index in [9.17, 15) is 13.2 Å². The third kappa shape index (κ3) is 4.36. The Morgan fingerprint density at radius 3 is 2.65 bits per heavy atom. The summed E-state index contributed by atoms with van der Waals surface area (Å²) in [4.78, 5) is 11.1. The molecule has 0 radical (unpaired) electrons. The molecule has 0 unspecified atom stereocenters. The number of fused-ring (bicyclic) bond motifs is 1. The molecule has 108 valence electrons. The van der Waals surface area contributed by atoms with Gasteiger partial charge in [-0.15, -0.1) is 0 Å². The number of ether oxygens (including phenoxy) is 1. The van der Waals surface area contributed by atoms with Crippen molar-refractivity contribution in [3.63, 3.8) is 0 Å². The molecule has 0 aliphatic heterocycles. The van der Waals surface area contributed by atoms with E-state index in [1.54, 1.807) is 24.3 Å². The van der Waals surface area contributed by atoms with Crippen LogP contribution in [0.15, 0.2) is 39.5 Å². The molecule has 0 bridgehead atoms. The number of hydrogen-bond acceptors (Lipinski definition) is 6. The van der Waals surface area contributed by atoms with E-state index in [4.69, 9.17) is 9.15 Å². The summed E-state index contributed by atoms with van der Waals surface area (Å²) in [6, 6.07) is 8.17. The Labute approximate surface area is 116 Å². The Balaban J connectivity index is 1.92. The van der Waals surface area contributed by atoms with E-state index >= 15 is 0 Å². The van der Waals surface area contributed by atoms with Crippen LogP contribution in [0.5, 0.6) is 5.75 Å². The van der Waals surface area contributed by atoms with Crippen molar-refractivity contribution in [1.82, 2.24) is 0 Å². The summed E-state index contributed by atoms with van der Waals surface area (Å²) < 4.78 is 36.5. The van der Waals surface area contributed by atoms with Crippen LogP contribution in [-0.2, 0) is 14.3 Å². The van der Waals surface area contributed by atoms with Crippen LogP contribution in [0.4, 0.5) is 0 Å². The Hall–Kier alpha value is -1.86. The van der Waals surface area contributed by atoms with E-state index in [1.807, 2.05) is 0 Å². The van der Waals surface area contributed by atoms with Gasteiger partial charge in [-0.05, 0) is 18.2 Å². The van der Waals surface area contributed by atoms with Crippen molar-refractivity contribution >= 4 is 21.1 Å². The van der Waals surface area contributed by atoms with Gasteiger partial charge in [0.25, 0.3) is 10.1 Å². The maximum Gasteiger partial charge on any atom is 0.336 e. The minimum atomic E-state index is -3.41. The van der Waals surface area contributed by atoms with Crippen LogP contribution in [-0.4, -0.2) is 27.9 Å². The number of hydrogen-bond donors (Lipinski definition) is 0. The first kappa shape index (κ1) is 14.5. The average molecular weight is 298 g/mol. The van der Waals surface area contributed by atoms with Gasteiger partial charge in [0, 0.05) is 23.9 Å². The zero-order chi connectivity index (χ0) is 14.6. The molecule has 0 atom stereocenters. The van der Waals surface area contributed by atoms with Crippen LogP contribution in [0.1, 0.15) is 6.42 Å². The second-order valence-electron chi connectivity index (χ2n) is 4.18. The van der Waals surface area contributed by atoms with Gasteiger partial charge in [-0.2, -0.15) is 8.42 Å². The van der Waals surface area contributed by atoms with E-state index in [2.05, 4.69) is 4.18 Å². The lowest BCUT2D eigenvalue weighted by Crippen LogP contribution is -2.07. The van der Waals surface area contributed by atoms with Gasteiger partial charge in [-0.1, -0.05) is 0 Å². The highest BCUT2D eigenvalue weighted by atomic mass is 32.2. The van der Waals surface area contributed by atoms with Crippen LogP contribution in [0, 0.1) is 0 Å². The molecule has 6 nitrogen and oxygen atoms in total. The summed E-state index contributed by atoms with van der Waals surface area (Å²) in [6.45, 7) is 0.375. The molecule has 0 spiro atoms. The summed E-state index contributed by atoms with van der Waals surface area (Å²) >= 11 is 0. The molecule has 0 aliphatic carbocycles. The van der Waals surface area contributed by atoms with Gasteiger partial charge in [0.2, 0.25) is 0 Å². The first-order valence-corrected chi connectivity index (χ1v) is 7.77. The minimum absolute atomic E-state index is 0.0709. The highest BCUT2D eigenvalue weighted by molar-refractivity contribution is 7.85. The van der Waals surface area contributed by atoms with Gasteiger partial charge >= 0.3 is 5.63 Å². The van der Waals surface area contributed by atoms with Crippen molar-refractivity contribution in [2.45, 2.75) is 6.42 Å². The van der Waals surface area contributed by atoms with E-state index in [0.717, 1.165) is 11.6 Å². The molecule has 7 heteroatoms. The third-order valence-electron chi connectivity index (χ3n) is 2.45. The molecule has 2 rings (SSSR count). The summed E-state index contributed by atoms with van der Waals surface area (Å²) in [5.41, 5.74) is 0.0265. The summed E-state index contributed by atoms with van der Waals surface area (Å²) in [7, 11) is -3.41. The average Bonchev–Trinajstić information content (AvgIpc) is 2.36. The predicted molar refractivity (Wildman–Crippen MR) is 73.4 cm³/mol. The van der Waals surface area contributed by atoms with E-state index < -0.39 is 15.7 Å². The standard InChI is InChI=1S/C13H14O6S/c1-20(15,16)18-8-2-7-17-11-5-3-10-4-6-13(14)19-12(10)9-11/h3-6,9H,2,7-8H2,1H3. The summed E-state index contributed by atoms with van der Waals surface area (Å²) in [6.07, 6.45) is 1.43. The first-order chi connectivity index (χ1) is 9.44. The van der Waals surface area contributed by atoms with Gasteiger partial charge in [0.05, 0.1) is 19.5 Å². The fourth-order valence-electron chi connectivity index (χ4n) is 1.59. The third-order valence-corrected chi connectivity index (χ3v) is 3.04. The fraction of sp³-hybridized carbons (Fsp3) is 0.308. The first-order valence-electron chi connectivity index (χ1n) is 5.95. The molecule has 0 fully saturated rings. The number of benzene rings is 1. The lowest BCUT2D eigenvalue weighted by molar-refractivity contribution is 0.252. The maximum atomic E-state index is 11.1. The van der Waals surface area contributed by atoms with Crippen LogP contribution >= 0.6 is 0 Å². The van der Waals surface area contributed by atoms with Gasteiger partial charge < -0.3 is 9.15 Å². The van der Waals surface area contributed by atoms with Crippen LogP contribution in [0.2, 0.25) is 0 Å². The molecule has 0 saturated heterocycles. The Morgan fingerprint density at radius 1 is 1.15 bits per heavy atom. The number of rotatable bonds is 6. The Bertz CT molecular complexity index is 747. The van der Waals surface area contributed by atoms with E-state index in [1.165, 1.54) is 6.07 Å². The quantitative estimate of drug-likeness (QED) is 0.457. The van der Waals surface area contributed by atoms with Gasteiger partial charge in [-0.25, -0.2) is 4.79 Å². The normalized spacial score (nSPS) is 11.7. The largest absolute Gasteiger partial charge is 0.493 e. The minimum Gasteiger partial charge on any atom is -0.493 e. The smallest absolute Gasteiger partial charge is 0.336 e. The Morgan fingerprint density at radius 2 is 1.90 bits per heavy atom. The molecule has 1 heterocycles. The molecule has 20 heavy (non-hydrogen) atoms. The van der Waals surface area contributed by atoms with Crippen molar-refractivity contribution in [3.05, 3.63) is 40.8 Å². The molecule has 1 aromatic carbocycles. The molecule has 2 aromatic rings. The second kappa shape index (κ2) is 6.06. The molecular formula is C13H14O6S. The molecule has 0 amide bonds. The predicted octanol–water partition coefficient (Wildman–Crippen LogP) is 1.54. The topological polar surface area (TPSA) is 82.8 Å². The fourth-order valence-corrected chi connectivity index (χ4v) is 2.01. The maximum absolute atomic E-state index is 11.1. The highest BCUT2D eigenvalue weighted by Gasteiger charge is 2.02. The van der Waals surface area contributed by atoms with Gasteiger partial charge in [0.1, 0.15) is 11.3 Å². The summed E-state index contributed by atoms with van der Waals surface area (Å²) in [5, 5.41) is 0.803. The molecule has 0 aliphatic rings. The van der Waals surface area contributed by atoms with Crippen LogP contribution < -0.4 is 10.4 Å². The van der Waals surface area contributed by atoms with Gasteiger partial charge in [-0.3, -0.25) is 4.18 Å². The second-order valence-corrected chi connectivity index (χ2v) is 5.83. The van der Waals surface area contributed by atoms with E-state index in [0.29, 0.717) is 24.4 Å².